The van der Waals surface area contributed by atoms with Crippen molar-refractivity contribution in [2.24, 2.45) is 0 Å². The van der Waals surface area contributed by atoms with Crippen molar-refractivity contribution >= 4 is 0 Å². The highest BCUT2D eigenvalue weighted by molar-refractivity contribution is 5.13. The summed E-state index contributed by atoms with van der Waals surface area (Å²) in [4.78, 5) is 0. The Labute approximate surface area is 85.0 Å². The first-order chi connectivity index (χ1) is 6.55. The molecular weight excluding hydrogens is 178 g/mol. The molecular formula is C10H19N3O. The molecule has 14 heavy (non-hydrogen) atoms. The molecule has 0 radical (unpaired) electrons. The predicted octanol–water partition coefficient (Wildman–Crippen LogP) is 1.23. The van der Waals surface area contributed by atoms with Gasteiger partial charge >= 0.3 is 0 Å². The van der Waals surface area contributed by atoms with Crippen LogP contribution in [0.1, 0.15) is 25.1 Å². The molecule has 2 N–H and O–H groups in total. The highest BCUT2D eigenvalue weighted by atomic mass is 16.5. The number of nitrogens with one attached hydrogen (secondary N) is 2. The van der Waals surface area contributed by atoms with E-state index in [0.717, 1.165) is 18.8 Å². The topological polar surface area (TPSA) is 49.9 Å². The summed E-state index contributed by atoms with van der Waals surface area (Å²) >= 11 is 0. The first-order valence-electron chi connectivity index (χ1n) is 4.80. The second kappa shape index (κ2) is 4.57. The van der Waals surface area contributed by atoms with E-state index in [1.807, 2.05) is 13.1 Å². The molecule has 1 rings (SSSR count). The minimum atomic E-state index is -0.113. The molecule has 0 spiro atoms. The second-order valence-corrected chi connectivity index (χ2v) is 4.09. The fourth-order valence-corrected chi connectivity index (χ4v) is 1.12. The third-order valence-corrected chi connectivity index (χ3v) is 2.35. The summed E-state index contributed by atoms with van der Waals surface area (Å²) in [6.07, 6.45) is 1.85. The SMILES string of the molecule is COC(C)(C)CNCc1cn[nH]c1C. The molecule has 0 aliphatic carbocycles. The highest BCUT2D eigenvalue weighted by Gasteiger charge is 2.15. The lowest BCUT2D eigenvalue weighted by Crippen LogP contribution is -2.36. The Balaban J connectivity index is 2.32. The molecule has 1 aromatic heterocycles. The van der Waals surface area contributed by atoms with E-state index in [-0.39, 0.29) is 5.60 Å². The molecule has 0 amide bonds. The van der Waals surface area contributed by atoms with Crippen LogP contribution in [0.5, 0.6) is 0 Å². The number of methoxy groups -OCH3 is 1. The number of rotatable bonds is 5. The third-order valence-electron chi connectivity index (χ3n) is 2.35. The molecule has 0 saturated carbocycles. The van der Waals surface area contributed by atoms with E-state index in [1.54, 1.807) is 7.11 Å². The van der Waals surface area contributed by atoms with Gasteiger partial charge in [-0.1, -0.05) is 0 Å². The fraction of sp³-hybridized carbons (Fsp3) is 0.700. The van der Waals surface area contributed by atoms with E-state index in [1.165, 1.54) is 5.56 Å². The Hall–Kier alpha value is -0.870. The van der Waals surface area contributed by atoms with Gasteiger partial charge in [0, 0.05) is 31.5 Å². The standard InChI is InChI=1S/C10H19N3O/c1-8-9(6-12-13-8)5-11-7-10(2,3)14-4/h6,11H,5,7H2,1-4H3,(H,12,13). The zero-order chi connectivity index (χ0) is 10.6. The maximum Gasteiger partial charge on any atom is 0.0746 e. The van der Waals surface area contributed by atoms with Gasteiger partial charge in [-0.2, -0.15) is 5.10 Å². The monoisotopic (exact) mass is 197 g/mol. The van der Waals surface area contributed by atoms with Crippen LogP contribution in [0.25, 0.3) is 0 Å². The number of ether oxygens (including phenoxy) is 1. The summed E-state index contributed by atoms with van der Waals surface area (Å²) < 4.78 is 5.30. The van der Waals surface area contributed by atoms with Gasteiger partial charge in [-0.3, -0.25) is 5.10 Å². The number of nitrogens with zero attached hydrogens (tertiary/aromatic N) is 1. The molecule has 4 heteroatoms. The summed E-state index contributed by atoms with van der Waals surface area (Å²) in [6.45, 7) is 7.79. The number of H-pyrrole nitrogens is 1. The number of hydrogen-bond donors (Lipinski definition) is 2. The van der Waals surface area contributed by atoms with Crippen LogP contribution >= 0.6 is 0 Å². The van der Waals surface area contributed by atoms with E-state index in [4.69, 9.17) is 4.74 Å². The maximum atomic E-state index is 5.30. The van der Waals surface area contributed by atoms with Crippen LogP contribution in [0.4, 0.5) is 0 Å². The average Bonchev–Trinajstić information content (AvgIpc) is 2.52. The van der Waals surface area contributed by atoms with Crippen molar-refractivity contribution in [3.05, 3.63) is 17.5 Å². The van der Waals surface area contributed by atoms with Crippen LogP contribution in [0.2, 0.25) is 0 Å². The largest absolute Gasteiger partial charge is 0.377 e. The first-order valence-corrected chi connectivity index (χ1v) is 4.80. The third kappa shape index (κ3) is 3.12. The summed E-state index contributed by atoms with van der Waals surface area (Å²) in [6, 6.07) is 0. The molecule has 1 heterocycles. The van der Waals surface area contributed by atoms with Crippen LogP contribution in [0.3, 0.4) is 0 Å². The predicted molar refractivity (Wildman–Crippen MR) is 56.1 cm³/mol. The molecule has 4 nitrogen and oxygen atoms in total. The van der Waals surface area contributed by atoms with Gasteiger partial charge in [-0.15, -0.1) is 0 Å². The summed E-state index contributed by atoms with van der Waals surface area (Å²) in [5, 5.41) is 10.2. The van der Waals surface area contributed by atoms with Gasteiger partial charge in [-0.05, 0) is 20.8 Å². The van der Waals surface area contributed by atoms with Gasteiger partial charge in [-0.25, -0.2) is 0 Å². The van der Waals surface area contributed by atoms with Crippen LogP contribution in [0.15, 0.2) is 6.20 Å². The van der Waals surface area contributed by atoms with Crippen LogP contribution in [-0.2, 0) is 11.3 Å². The second-order valence-electron chi connectivity index (χ2n) is 4.09. The first kappa shape index (κ1) is 11.2. The van der Waals surface area contributed by atoms with Crippen molar-refractivity contribution < 1.29 is 4.74 Å². The summed E-state index contributed by atoms with van der Waals surface area (Å²) in [7, 11) is 1.73. The minimum absolute atomic E-state index is 0.113. The van der Waals surface area contributed by atoms with Crippen LogP contribution in [0, 0.1) is 6.92 Å². The van der Waals surface area contributed by atoms with Crippen LogP contribution < -0.4 is 5.32 Å². The molecule has 0 aliphatic heterocycles. The van der Waals surface area contributed by atoms with Crippen molar-refractivity contribution in [2.75, 3.05) is 13.7 Å². The van der Waals surface area contributed by atoms with E-state index in [9.17, 15) is 0 Å². The number of aromatic amines is 1. The zero-order valence-electron chi connectivity index (χ0n) is 9.35. The highest BCUT2D eigenvalue weighted by Crippen LogP contribution is 2.06. The van der Waals surface area contributed by atoms with E-state index < -0.39 is 0 Å². The van der Waals surface area contributed by atoms with E-state index in [0.29, 0.717) is 0 Å². The van der Waals surface area contributed by atoms with E-state index in [2.05, 4.69) is 29.4 Å². The Bertz CT molecular complexity index is 281. The van der Waals surface area contributed by atoms with Crippen molar-refractivity contribution in [2.45, 2.75) is 32.9 Å². The summed E-state index contributed by atoms with van der Waals surface area (Å²) in [5.41, 5.74) is 2.21. The lowest BCUT2D eigenvalue weighted by Gasteiger charge is -2.23. The van der Waals surface area contributed by atoms with Gasteiger partial charge in [0.15, 0.2) is 0 Å². The number of aromatic nitrogens is 2. The maximum absolute atomic E-state index is 5.30. The Morgan fingerprint density at radius 2 is 2.29 bits per heavy atom. The Morgan fingerprint density at radius 3 is 2.79 bits per heavy atom. The summed E-state index contributed by atoms with van der Waals surface area (Å²) in [5.74, 6) is 0. The molecule has 0 unspecified atom stereocenters. The molecule has 0 saturated heterocycles. The fourth-order valence-electron chi connectivity index (χ4n) is 1.12. The smallest absolute Gasteiger partial charge is 0.0746 e. The van der Waals surface area contributed by atoms with Gasteiger partial charge in [0.2, 0.25) is 0 Å². The zero-order valence-corrected chi connectivity index (χ0v) is 9.35. The lowest BCUT2D eigenvalue weighted by atomic mass is 10.1. The number of hydrogen-bond acceptors (Lipinski definition) is 3. The molecule has 0 bridgehead atoms. The molecule has 0 aliphatic rings. The van der Waals surface area contributed by atoms with Crippen LogP contribution in [-0.4, -0.2) is 29.5 Å². The van der Waals surface area contributed by atoms with Crippen molar-refractivity contribution in [3.8, 4) is 0 Å². The Morgan fingerprint density at radius 1 is 1.57 bits per heavy atom. The van der Waals surface area contributed by atoms with E-state index >= 15 is 0 Å². The normalized spacial score (nSPS) is 12.0. The molecule has 0 aromatic carbocycles. The van der Waals surface area contributed by atoms with Gasteiger partial charge < -0.3 is 10.1 Å². The quantitative estimate of drug-likeness (QED) is 0.746. The van der Waals surface area contributed by atoms with Gasteiger partial charge in [0.05, 0.1) is 11.8 Å². The Kier molecular flexibility index (Phi) is 3.66. The van der Waals surface area contributed by atoms with Crippen molar-refractivity contribution in [1.82, 2.24) is 15.5 Å². The minimum Gasteiger partial charge on any atom is -0.377 e. The lowest BCUT2D eigenvalue weighted by molar-refractivity contribution is 0.0230. The molecule has 80 valence electrons. The van der Waals surface area contributed by atoms with Gasteiger partial charge in [0.25, 0.3) is 0 Å². The molecule has 1 aromatic rings. The van der Waals surface area contributed by atoms with Gasteiger partial charge in [0.1, 0.15) is 0 Å². The van der Waals surface area contributed by atoms with Crippen molar-refractivity contribution in [1.29, 1.82) is 0 Å². The molecule has 0 fully saturated rings. The van der Waals surface area contributed by atoms with Crippen molar-refractivity contribution in [3.63, 3.8) is 0 Å². The molecule has 0 atom stereocenters. The number of aryl methyl sites for hydroxylation is 1. The average molecular weight is 197 g/mol.